The predicted molar refractivity (Wildman–Crippen MR) is 96.1 cm³/mol. The predicted octanol–water partition coefficient (Wildman–Crippen LogP) is 2.01. The molecule has 0 aliphatic rings. The summed E-state index contributed by atoms with van der Waals surface area (Å²) in [5, 5.41) is 15.8. The van der Waals surface area contributed by atoms with E-state index in [9.17, 15) is 9.90 Å². The van der Waals surface area contributed by atoms with E-state index < -0.39 is 5.60 Å². The van der Waals surface area contributed by atoms with Crippen LogP contribution in [-0.4, -0.2) is 67.3 Å². The molecule has 7 heteroatoms. The van der Waals surface area contributed by atoms with E-state index in [4.69, 9.17) is 9.47 Å². The van der Waals surface area contributed by atoms with Gasteiger partial charge in [-0.05, 0) is 46.8 Å². The third-order valence-corrected chi connectivity index (χ3v) is 4.47. The molecule has 0 fully saturated rings. The Morgan fingerprint density at radius 1 is 1.35 bits per heavy atom. The SMILES string of the molecule is COCC(CCCNC(=O)OC(C)(C)C)NC(C)C(CO)SC. The summed E-state index contributed by atoms with van der Waals surface area (Å²) in [6, 6.07) is 0.380. The second-order valence-electron chi connectivity index (χ2n) is 6.64. The fourth-order valence-electron chi connectivity index (χ4n) is 2.18. The lowest BCUT2D eigenvalue weighted by Crippen LogP contribution is -2.45. The van der Waals surface area contributed by atoms with Crippen LogP contribution in [0.25, 0.3) is 0 Å². The maximum absolute atomic E-state index is 11.6. The highest BCUT2D eigenvalue weighted by atomic mass is 32.2. The molecule has 0 bridgehead atoms. The average Bonchev–Trinajstić information content (AvgIpc) is 2.43. The molecule has 0 aromatic rings. The van der Waals surface area contributed by atoms with Crippen molar-refractivity contribution in [3.8, 4) is 0 Å². The summed E-state index contributed by atoms with van der Waals surface area (Å²) >= 11 is 1.65. The van der Waals surface area contributed by atoms with E-state index >= 15 is 0 Å². The Balaban J connectivity index is 4.12. The Labute approximate surface area is 145 Å². The number of hydrogen-bond donors (Lipinski definition) is 3. The Morgan fingerprint density at radius 2 is 2.00 bits per heavy atom. The highest BCUT2D eigenvalue weighted by Gasteiger charge is 2.19. The minimum atomic E-state index is -0.475. The lowest BCUT2D eigenvalue weighted by atomic mass is 10.1. The van der Waals surface area contributed by atoms with Gasteiger partial charge >= 0.3 is 6.09 Å². The number of thioether (sulfide) groups is 1. The van der Waals surface area contributed by atoms with Gasteiger partial charge < -0.3 is 25.2 Å². The van der Waals surface area contributed by atoms with Crippen LogP contribution >= 0.6 is 11.8 Å². The van der Waals surface area contributed by atoms with Crippen molar-refractivity contribution in [2.24, 2.45) is 0 Å². The van der Waals surface area contributed by atoms with Gasteiger partial charge in [0.1, 0.15) is 5.60 Å². The molecule has 23 heavy (non-hydrogen) atoms. The van der Waals surface area contributed by atoms with Gasteiger partial charge in [0.05, 0.1) is 13.2 Å². The highest BCUT2D eigenvalue weighted by molar-refractivity contribution is 7.99. The maximum Gasteiger partial charge on any atom is 0.407 e. The van der Waals surface area contributed by atoms with Crippen molar-refractivity contribution >= 4 is 17.9 Å². The van der Waals surface area contributed by atoms with Crippen LogP contribution in [0.2, 0.25) is 0 Å². The number of nitrogens with one attached hydrogen (secondary N) is 2. The molecule has 0 heterocycles. The van der Waals surface area contributed by atoms with E-state index in [0.29, 0.717) is 13.2 Å². The third-order valence-electron chi connectivity index (χ3n) is 3.30. The molecule has 0 rings (SSSR count). The molecule has 0 radical (unpaired) electrons. The van der Waals surface area contributed by atoms with Crippen molar-refractivity contribution in [1.82, 2.24) is 10.6 Å². The number of methoxy groups -OCH3 is 1. The normalized spacial score (nSPS) is 15.8. The second-order valence-corrected chi connectivity index (χ2v) is 7.71. The fraction of sp³-hybridized carbons (Fsp3) is 0.938. The number of aliphatic hydroxyl groups is 1. The maximum atomic E-state index is 11.6. The van der Waals surface area contributed by atoms with Gasteiger partial charge in [0.2, 0.25) is 0 Å². The molecule has 1 amide bonds. The lowest BCUT2D eigenvalue weighted by Gasteiger charge is -2.27. The van der Waals surface area contributed by atoms with Crippen LogP contribution in [0.4, 0.5) is 4.79 Å². The van der Waals surface area contributed by atoms with Crippen LogP contribution in [0.15, 0.2) is 0 Å². The first-order chi connectivity index (χ1) is 10.7. The van der Waals surface area contributed by atoms with Crippen LogP contribution < -0.4 is 10.6 Å². The molecule has 0 aliphatic heterocycles. The summed E-state index contributed by atoms with van der Waals surface area (Å²) in [5.41, 5.74) is -0.475. The number of carbonyl (C=O) groups excluding carboxylic acids is 1. The molecule has 0 saturated heterocycles. The summed E-state index contributed by atoms with van der Waals surface area (Å²) < 4.78 is 10.4. The molecule has 0 spiro atoms. The minimum absolute atomic E-state index is 0.148. The van der Waals surface area contributed by atoms with Gasteiger partial charge in [-0.1, -0.05) is 0 Å². The smallest absolute Gasteiger partial charge is 0.407 e. The van der Waals surface area contributed by atoms with Gasteiger partial charge in [-0.3, -0.25) is 0 Å². The van der Waals surface area contributed by atoms with Gasteiger partial charge in [0.15, 0.2) is 0 Å². The van der Waals surface area contributed by atoms with Crippen molar-refractivity contribution in [3.63, 3.8) is 0 Å². The van der Waals surface area contributed by atoms with Crippen LogP contribution in [0.1, 0.15) is 40.5 Å². The monoisotopic (exact) mass is 350 g/mol. The molecule has 3 atom stereocenters. The van der Waals surface area contributed by atoms with Crippen molar-refractivity contribution in [1.29, 1.82) is 0 Å². The first kappa shape index (κ1) is 22.5. The van der Waals surface area contributed by atoms with Crippen LogP contribution in [0.3, 0.4) is 0 Å². The summed E-state index contributed by atoms with van der Waals surface area (Å²) in [5.74, 6) is 0. The Morgan fingerprint density at radius 3 is 2.48 bits per heavy atom. The number of amides is 1. The lowest BCUT2D eigenvalue weighted by molar-refractivity contribution is 0.0525. The molecule has 0 aliphatic carbocycles. The van der Waals surface area contributed by atoms with Crippen LogP contribution in [-0.2, 0) is 9.47 Å². The van der Waals surface area contributed by atoms with Crippen molar-refractivity contribution < 1.29 is 19.4 Å². The van der Waals surface area contributed by atoms with Gasteiger partial charge in [-0.15, -0.1) is 0 Å². The minimum Gasteiger partial charge on any atom is -0.444 e. The Bertz CT molecular complexity index is 320. The molecule has 0 aromatic carbocycles. The van der Waals surface area contributed by atoms with E-state index in [2.05, 4.69) is 17.6 Å². The highest BCUT2D eigenvalue weighted by Crippen LogP contribution is 2.12. The average molecular weight is 351 g/mol. The number of carbonyl (C=O) groups is 1. The molecule has 0 aromatic heterocycles. The Hall–Kier alpha value is -0.500. The van der Waals surface area contributed by atoms with E-state index in [1.807, 2.05) is 27.0 Å². The summed E-state index contributed by atoms with van der Waals surface area (Å²) in [7, 11) is 1.68. The van der Waals surface area contributed by atoms with Crippen molar-refractivity contribution in [2.45, 2.75) is 63.5 Å². The van der Waals surface area contributed by atoms with Gasteiger partial charge in [-0.2, -0.15) is 11.8 Å². The summed E-state index contributed by atoms with van der Waals surface area (Å²) in [6.07, 6.45) is 3.32. The van der Waals surface area contributed by atoms with Crippen LogP contribution in [0, 0.1) is 0 Å². The fourth-order valence-corrected chi connectivity index (χ4v) is 2.82. The summed E-state index contributed by atoms with van der Waals surface area (Å²) in [6.45, 7) is 8.91. The quantitative estimate of drug-likeness (QED) is 0.495. The number of ether oxygens (including phenoxy) is 2. The largest absolute Gasteiger partial charge is 0.444 e. The van der Waals surface area contributed by atoms with E-state index in [-0.39, 0.29) is 30.0 Å². The summed E-state index contributed by atoms with van der Waals surface area (Å²) in [4.78, 5) is 11.6. The first-order valence-corrected chi connectivity index (χ1v) is 9.37. The zero-order chi connectivity index (χ0) is 17.9. The van der Waals surface area contributed by atoms with E-state index in [1.54, 1.807) is 18.9 Å². The molecule has 138 valence electrons. The zero-order valence-electron chi connectivity index (χ0n) is 15.3. The second kappa shape index (κ2) is 11.9. The van der Waals surface area contributed by atoms with Crippen molar-refractivity contribution in [2.75, 3.05) is 33.1 Å². The Kier molecular flexibility index (Phi) is 11.7. The number of alkyl carbamates (subject to hydrolysis) is 1. The number of rotatable bonds is 11. The first-order valence-electron chi connectivity index (χ1n) is 8.09. The van der Waals surface area contributed by atoms with Crippen LogP contribution in [0.5, 0.6) is 0 Å². The molecule has 0 saturated carbocycles. The van der Waals surface area contributed by atoms with Gasteiger partial charge in [0, 0.05) is 31.0 Å². The van der Waals surface area contributed by atoms with Crippen molar-refractivity contribution in [3.05, 3.63) is 0 Å². The van der Waals surface area contributed by atoms with Gasteiger partial charge in [0.25, 0.3) is 0 Å². The number of hydrogen-bond acceptors (Lipinski definition) is 6. The van der Waals surface area contributed by atoms with E-state index in [1.165, 1.54) is 0 Å². The number of aliphatic hydroxyl groups excluding tert-OH is 1. The van der Waals surface area contributed by atoms with E-state index in [0.717, 1.165) is 12.8 Å². The molecule has 3 unspecified atom stereocenters. The molecule has 3 N–H and O–H groups in total. The molecule has 6 nitrogen and oxygen atoms in total. The third kappa shape index (κ3) is 11.6. The zero-order valence-corrected chi connectivity index (χ0v) is 16.2. The molecular weight excluding hydrogens is 316 g/mol. The standard InChI is InChI=1S/C16H34N2O4S/c1-12(14(10-19)23-6)18-13(11-21-5)8-7-9-17-15(20)22-16(2,3)4/h12-14,18-19H,7-11H2,1-6H3,(H,17,20). The van der Waals surface area contributed by atoms with Gasteiger partial charge in [-0.25, -0.2) is 4.79 Å². The molecular formula is C16H34N2O4S. The topological polar surface area (TPSA) is 79.8 Å².